The molecule has 0 aliphatic rings. The number of amides is 1. The number of hydrogen-bond donors (Lipinski definition) is 1. The van der Waals surface area contributed by atoms with Gasteiger partial charge in [0.15, 0.2) is 0 Å². The van der Waals surface area contributed by atoms with Crippen molar-refractivity contribution >= 4 is 33.2 Å². The first-order chi connectivity index (χ1) is 14.1. The van der Waals surface area contributed by atoms with Gasteiger partial charge in [0.25, 0.3) is 0 Å². The molecule has 2 aromatic carbocycles. The van der Waals surface area contributed by atoms with Gasteiger partial charge in [0, 0.05) is 34.4 Å². The van der Waals surface area contributed by atoms with E-state index in [-0.39, 0.29) is 24.7 Å². The number of nitrogens with zero attached hydrogens (tertiary/aromatic N) is 3. The molecule has 2 heterocycles. The van der Waals surface area contributed by atoms with Gasteiger partial charge in [-0.15, -0.1) is 11.3 Å². The van der Waals surface area contributed by atoms with Crippen LogP contribution in [0, 0.1) is 5.82 Å². The molecule has 0 saturated carbocycles. The van der Waals surface area contributed by atoms with Crippen molar-refractivity contribution in [3.63, 3.8) is 0 Å². The molecule has 1 amide bonds. The van der Waals surface area contributed by atoms with E-state index < -0.39 is 0 Å². The summed E-state index contributed by atoms with van der Waals surface area (Å²) in [5, 5.41) is 5.57. The molecule has 0 spiro atoms. The Bertz CT molecular complexity index is 1140. The van der Waals surface area contributed by atoms with E-state index in [0.717, 1.165) is 15.0 Å². The number of halogens is 2. The van der Waals surface area contributed by atoms with E-state index in [4.69, 9.17) is 0 Å². The zero-order valence-corrected chi connectivity index (χ0v) is 17.6. The molecular formula is C21H16BrFN4OS. The van der Waals surface area contributed by atoms with Crippen molar-refractivity contribution in [3.8, 4) is 16.3 Å². The highest BCUT2D eigenvalue weighted by atomic mass is 79.9. The lowest BCUT2D eigenvalue weighted by atomic mass is 10.2. The van der Waals surface area contributed by atoms with E-state index in [9.17, 15) is 9.18 Å². The van der Waals surface area contributed by atoms with Gasteiger partial charge in [0.1, 0.15) is 10.8 Å². The van der Waals surface area contributed by atoms with E-state index in [1.54, 1.807) is 29.1 Å². The van der Waals surface area contributed by atoms with Crippen LogP contribution in [-0.4, -0.2) is 20.4 Å². The quantitative estimate of drug-likeness (QED) is 0.442. The molecule has 146 valence electrons. The Balaban J connectivity index is 1.35. The summed E-state index contributed by atoms with van der Waals surface area (Å²) in [4.78, 5) is 20.7. The number of benzene rings is 2. The summed E-state index contributed by atoms with van der Waals surface area (Å²) in [5.41, 5.74) is 2.82. The van der Waals surface area contributed by atoms with Crippen molar-refractivity contribution < 1.29 is 9.18 Å². The van der Waals surface area contributed by atoms with Gasteiger partial charge in [-0.05, 0) is 29.8 Å². The number of carbonyl (C=O) groups is 1. The zero-order chi connectivity index (χ0) is 20.2. The fraction of sp³-hybridized carbons (Fsp3) is 0.0952. The summed E-state index contributed by atoms with van der Waals surface area (Å²) < 4.78 is 16.9. The number of hydrogen-bond acceptors (Lipinski definition) is 4. The highest BCUT2D eigenvalue weighted by molar-refractivity contribution is 9.10. The maximum absolute atomic E-state index is 14.3. The molecule has 0 bridgehead atoms. The lowest BCUT2D eigenvalue weighted by Gasteiger charge is -2.08. The van der Waals surface area contributed by atoms with Crippen LogP contribution in [0.15, 0.2) is 71.0 Å². The van der Waals surface area contributed by atoms with Crippen LogP contribution in [0.2, 0.25) is 0 Å². The third-order valence-corrected chi connectivity index (χ3v) is 5.68. The summed E-state index contributed by atoms with van der Waals surface area (Å²) >= 11 is 4.95. The van der Waals surface area contributed by atoms with Crippen molar-refractivity contribution in [2.24, 2.45) is 0 Å². The largest absolute Gasteiger partial charge is 0.352 e. The molecule has 1 N–H and O–H groups in total. The van der Waals surface area contributed by atoms with Crippen molar-refractivity contribution in [1.82, 2.24) is 19.9 Å². The Kier molecular flexibility index (Phi) is 5.82. The van der Waals surface area contributed by atoms with Crippen molar-refractivity contribution in [2.75, 3.05) is 0 Å². The van der Waals surface area contributed by atoms with Gasteiger partial charge in [-0.1, -0.05) is 34.1 Å². The van der Waals surface area contributed by atoms with Gasteiger partial charge >= 0.3 is 0 Å². The topological polar surface area (TPSA) is 59.8 Å². The second-order valence-electron chi connectivity index (χ2n) is 6.36. The van der Waals surface area contributed by atoms with Crippen molar-refractivity contribution in [1.29, 1.82) is 0 Å². The molecule has 0 saturated heterocycles. The SMILES string of the molecule is O=C(Cc1csc(-c2cccc(Br)c2)n1)NCc1ccc(-n2ccnc2)c(F)c1. The second-order valence-corrected chi connectivity index (χ2v) is 8.14. The predicted molar refractivity (Wildman–Crippen MR) is 114 cm³/mol. The Morgan fingerprint density at radius 1 is 1.24 bits per heavy atom. The fourth-order valence-corrected chi connectivity index (χ4v) is 4.06. The van der Waals surface area contributed by atoms with Crippen LogP contribution >= 0.6 is 27.3 Å². The number of rotatable bonds is 6. The predicted octanol–water partition coefficient (Wildman–Crippen LogP) is 4.76. The van der Waals surface area contributed by atoms with Crippen LogP contribution in [-0.2, 0) is 17.8 Å². The van der Waals surface area contributed by atoms with Crippen LogP contribution in [0.25, 0.3) is 16.3 Å². The monoisotopic (exact) mass is 470 g/mol. The average Bonchev–Trinajstić information content (AvgIpc) is 3.39. The van der Waals surface area contributed by atoms with E-state index in [2.05, 4.69) is 31.2 Å². The fourth-order valence-electron chi connectivity index (χ4n) is 2.84. The lowest BCUT2D eigenvalue weighted by molar-refractivity contribution is -0.120. The standard InChI is InChI=1S/C21H16BrFN4OS/c22-16-3-1-2-15(9-16)21-26-17(12-29-21)10-20(28)25-11-14-4-5-19(18(23)8-14)27-7-6-24-13-27/h1-9,12-13H,10-11H2,(H,25,28). The summed E-state index contributed by atoms with van der Waals surface area (Å²) in [6.07, 6.45) is 4.99. The van der Waals surface area contributed by atoms with Gasteiger partial charge in [-0.25, -0.2) is 14.4 Å². The number of carbonyl (C=O) groups excluding carboxylic acids is 1. The highest BCUT2D eigenvalue weighted by Crippen LogP contribution is 2.26. The summed E-state index contributed by atoms with van der Waals surface area (Å²) in [6, 6.07) is 12.8. The Morgan fingerprint density at radius 2 is 2.14 bits per heavy atom. The lowest BCUT2D eigenvalue weighted by Crippen LogP contribution is -2.24. The van der Waals surface area contributed by atoms with Gasteiger partial charge < -0.3 is 9.88 Å². The van der Waals surface area contributed by atoms with Gasteiger partial charge in [-0.2, -0.15) is 0 Å². The van der Waals surface area contributed by atoms with Crippen LogP contribution in [0.3, 0.4) is 0 Å². The Labute approximate surface area is 179 Å². The molecule has 2 aromatic heterocycles. The van der Waals surface area contributed by atoms with Gasteiger partial charge in [-0.3, -0.25) is 4.79 Å². The van der Waals surface area contributed by atoms with Gasteiger partial charge in [0.05, 0.1) is 24.1 Å². The van der Waals surface area contributed by atoms with Crippen LogP contribution < -0.4 is 5.32 Å². The molecule has 0 radical (unpaired) electrons. The van der Waals surface area contributed by atoms with E-state index in [0.29, 0.717) is 16.9 Å². The number of aromatic nitrogens is 3. The zero-order valence-electron chi connectivity index (χ0n) is 15.2. The molecule has 0 aliphatic heterocycles. The summed E-state index contributed by atoms with van der Waals surface area (Å²) in [5.74, 6) is -0.525. The molecule has 5 nitrogen and oxygen atoms in total. The van der Waals surface area contributed by atoms with E-state index >= 15 is 0 Å². The van der Waals surface area contributed by atoms with Crippen molar-refractivity contribution in [2.45, 2.75) is 13.0 Å². The van der Waals surface area contributed by atoms with E-state index in [1.807, 2.05) is 29.6 Å². The summed E-state index contributed by atoms with van der Waals surface area (Å²) in [6.45, 7) is 0.253. The maximum atomic E-state index is 14.3. The normalized spacial score (nSPS) is 10.8. The first-order valence-electron chi connectivity index (χ1n) is 8.82. The Hall–Kier alpha value is -2.84. The minimum absolute atomic E-state index is 0.157. The summed E-state index contributed by atoms with van der Waals surface area (Å²) in [7, 11) is 0. The third kappa shape index (κ3) is 4.78. The van der Waals surface area contributed by atoms with Crippen LogP contribution in [0.1, 0.15) is 11.3 Å². The molecule has 0 aliphatic carbocycles. The van der Waals surface area contributed by atoms with Crippen LogP contribution in [0.5, 0.6) is 0 Å². The molecule has 0 unspecified atom stereocenters. The molecule has 4 aromatic rings. The number of thiazole rings is 1. The first-order valence-corrected chi connectivity index (χ1v) is 10.5. The minimum atomic E-state index is -0.368. The smallest absolute Gasteiger partial charge is 0.226 e. The number of imidazole rings is 1. The molecule has 8 heteroatoms. The molecule has 0 atom stereocenters. The van der Waals surface area contributed by atoms with Crippen LogP contribution in [0.4, 0.5) is 4.39 Å². The van der Waals surface area contributed by atoms with Crippen molar-refractivity contribution in [3.05, 3.63) is 88.1 Å². The highest BCUT2D eigenvalue weighted by Gasteiger charge is 2.10. The maximum Gasteiger partial charge on any atom is 0.226 e. The van der Waals surface area contributed by atoms with E-state index in [1.165, 1.54) is 23.7 Å². The molecular weight excluding hydrogens is 455 g/mol. The molecule has 4 rings (SSSR count). The first kappa shape index (κ1) is 19.5. The Morgan fingerprint density at radius 3 is 2.90 bits per heavy atom. The minimum Gasteiger partial charge on any atom is -0.352 e. The molecule has 0 fully saturated rings. The third-order valence-electron chi connectivity index (χ3n) is 4.25. The molecule has 29 heavy (non-hydrogen) atoms. The number of nitrogens with one attached hydrogen (secondary N) is 1. The second kappa shape index (κ2) is 8.67. The average molecular weight is 471 g/mol. The van der Waals surface area contributed by atoms with Gasteiger partial charge in [0.2, 0.25) is 5.91 Å².